The summed E-state index contributed by atoms with van der Waals surface area (Å²) < 4.78 is 0. The molecule has 0 spiro atoms. The van der Waals surface area contributed by atoms with E-state index in [1.54, 1.807) is 0 Å². The summed E-state index contributed by atoms with van der Waals surface area (Å²) in [6.07, 6.45) is 12.8. The zero-order chi connectivity index (χ0) is 57.4. The van der Waals surface area contributed by atoms with Crippen LogP contribution in [-0.2, 0) is 21.7 Å². The highest BCUT2D eigenvalue weighted by atomic mass is 28.3. The molecule has 0 saturated heterocycles. The molecule has 7 heteroatoms. The fourth-order valence-electron chi connectivity index (χ4n) is 11.1. The van der Waals surface area contributed by atoms with Gasteiger partial charge in [0, 0.05) is 73.7 Å². The summed E-state index contributed by atoms with van der Waals surface area (Å²) in [7, 11) is -1.60. The summed E-state index contributed by atoms with van der Waals surface area (Å²) in [5, 5.41) is 0. The SMILES string of the molecule is CC(C)(C)c1cc(-c2c3nc(c(-c4ccc(C#C[Si](C)(C)C)cc4)c4nc(c(-c5cc(C(C)(C)C)cc(C(C)(C)C)c5)c5ccc([nH]5)c(-c5ccc(C(c6ccc[nH]6)c6ccc[nH]6)cc5)c5ccc2[nH]5)C=C4)C=C3)cc(C(C)(C)C)c1. The monoisotopic (exact) mass is 1080 g/mol. The molecular weight excluding hydrogens is 1000 g/mol. The van der Waals surface area contributed by atoms with Gasteiger partial charge in [-0.3, -0.25) is 0 Å². The van der Waals surface area contributed by atoms with Gasteiger partial charge in [-0.15, -0.1) is 5.54 Å². The second kappa shape index (κ2) is 20.4. The first-order valence-electron chi connectivity index (χ1n) is 28.7. The molecule has 4 aromatic carbocycles. The molecule has 81 heavy (non-hydrogen) atoms. The summed E-state index contributed by atoms with van der Waals surface area (Å²) in [4.78, 5) is 26.6. The van der Waals surface area contributed by atoms with Crippen LogP contribution in [0.15, 0.2) is 146 Å². The van der Waals surface area contributed by atoms with Gasteiger partial charge in [0.25, 0.3) is 0 Å². The molecule has 0 amide bonds. The van der Waals surface area contributed by atoms with Crippen LogP contribution in [0.25, 0.3) is 90.9 Å². The number of rotatable bonds is 7. The maximum Gasteiger partial charge on any atom is 0.129 e. The number of nitrogens with zero attached hydrogens (tertiary/aromatic N) is 2. The highest BCUT2D eigenvalue weighted by Crippen LogP contribution is 2.43. The molecule has 0 fully saturated rings. The number of hydrogen-bond donors (Lipinski definition) is 4. The van der Waals surface area contributed by atoms with E-state index in [1.807, 2.05) is 12.4 Å². The van der Waals surface area contributed by atoms with Gasteiger partial charge < -0.3 is 19.9 Å². The van der Waals surface area contributed by atoms with Gasteiger partial charge in [-0.1, -0.05) is 181 Å². The summed E-state index contributed by atoms with van der Waals surface area (Å²) in [6, 6.07) is 49.6. The van der Waals surface area contributed by atoms with Gasteiger partial charge in [-0.25, -0.2) is 9.97 Å². The van der Waals surface area contributed by atoms with Crippen LogP contribution in [0.4, 0.5) is 0 Å². The van der Waals surface area contributed by atoms with Crippen LogP contribution in [0, 0.1) is 11.5 Å². The third-order valence-corrected chi connectivity index (χ3v) is 16.7. The van der Waals surface area contributed by atoms with E-state index in [1.165, 1.54) is 27.8 Å². The summed E-state index contributed by atoms with van der Waals surface area (Å²) in [5.41, 5.74) is 28.5. The van der Waals surface area contributed by atoms with Crippen molar-refractivity contribution in [2.45, 2.75) is 130 Å². The summed E-state index contributed by atoms with van der Waals surface area (Å²) >= 11 is 0. The van der Waals surface area contributed by atoms with E-state index in [0.29, 0.717) is 0 Å². The molecule has 2 aliphatic heterocycles. The Labute approximate surface area is 481 Å². The van der Waals surface area contributed by atoms with Crippen LogP contribution in [0.2, 0.25) is 19.6 Å². The molecule has 6 nitrogen and oxygen atoms in total. The predicted molar refractivity (Wildman–Crippen MR) is 348 cm³/mol. The Morgan fingerprint density at radius 2 is 0.753 bits per heavy atom. The smallest absolute Gasteiger partial charge is 0.129 e. The molecule has 11 rings (SSSR count). The molecule has 0 aliphatic carbocycles. The lowest BCUT2D eigenvalue weighted by molar-refractivity contribution is 0.568. The van der Waals surface area contributed by atoms with Crippen molar-refractivity contribution in [2.75, 3.05) is 0 Å². The van der Waals surface area contributed by atoms with E-state index in [9.17, 15) is 0 Å². The van der Waals surface area contributed by atoms with Crippen molar-refractivity contribution in [2.24, 2.45) is 0 Å². The van der Waals surface area contributed by atoms with Gasteiger partial charge in [0.1, 0.15) is 8.07 Å². The van der Waals surface area contributed by atoms with Crippen molar-refractivity contribution >= 4 is 54.4 Å². The van der Waals surface area contributed by atoms with Crippen LogP contribution >= 0.6 is 0 Å². The van der Waals surface area contributed by atoms with Crippen LogP contribution in [0.5, 0.6) is 0 Å². The van der Waals surface area contributed by atoms with Gasteiger partial charge >= 0.3 is 0 Å². The van der Waals surface area contributed by atoms with E-state index < -0.39 is 8.07 Å². The third-order valence-electron chi connectivity index (χ3n) is 15.8. The number of aromatic nitrogens is 6. The second-order valence-corrected chi connectivity index (χ2v) is 32.2. The first-order valence-corrected chi connectivity index (χ1v) is 32.2. The fourth-order valence-corrected chi connectivity index (χ4v) is 11.6. The number of H-pyrrole nitrogens is 4. The minimum Gasteiger partial charge on any atom is -0.364 e. The standard InChI is InChI=1S/C74H78N6Si/c1-71(2,3)52-40-50(41-53(44-52)72(4,5)6)69-62-32-28-58(77-62)67(47-22-20-46(21-23-47)36-39-81(13,14)15)59-29-33-63(78-59)70(51-42-54(73(7,8)9)45-55(43-51)74(10,11)12)65-35-31-61(80-65)68(60-30-34-64(69)79-60)49-26-24-48(25-27-49)66(56-18-16-37-75-56)57-19-17-38-76-57/h16-35,37-38,40-45,66,75-76,79-80H,1-15H3. The quantitative estimate of drug-likeness (QED) is 0.0946. The molecule has 9 aromatic rings. The third kappa shape index (κ3) is 11.3. The van der Waals surface area contributed by atoms with Crippen molar-refractivity contribution in [3.63, 3.8) is 0 Å². The number of benzene rings is 4. The molecule has 408 valence electrons. The van der Waals surface area contributed by atoms with E-state index in [4.69, 9.17) is 9.97 Å². The average molecular weight is 1080 g/mol. The Kier molecular flexibility index (Phi) is 13.8. The maximum atomic E-state index is 5.73. The number of aromatic amines is 4. The lowest BCUT2D eigenvalue weighted by Crippen LogP contribution is -2.16. The predicted octanol–water partition coefficient (Wildman–Crippen LogP) is 19.6. The summed E-state index contributed by atoms with van der Waals surface area (Å²) in [6.45, 7) is 34.5. The first-order chi connectivity index (χ1) is 38.2. The van der Waals surface area contributed by atoms with Gasteiger partial charge in [0.2, 0.25) is 0 Å². The molecule has 4 N–H and O–H groups in total. The van der Waals surface area contributed by atoms with Gasteiger partial charge in [0.15, 0.2) is 0 Å². The van der Waals surface area contributed by atoms with Crippen molar-refractivity contribution in [3.05, 3.63) is 213 Å². The fraction of sp³-hybridized carbons (Fsp3) is 0.270. The lowest BCUT2D eigenvalue weighted by Gasteiger charge is -2.26. The van der Waals surface area contributed by atoms with Gasteiger partial charge in [0.05, 0.1) is 28.7 Å². The minimum absolute atomic E-state index is 0.00774. The van der Waals surface area contributed by atoms with E-state index in [0.717, 1.165) is 106 Å². The Balaban J connectivity index is 1.27. The van der Waals surface area contributed by atoms with Crippen LogP contribution in [-0.4, -0.2) is 38.0 Å². The lowest BCUT2D eigenvalue weighted by atomic mass is 9.78. The average Bonchev–Trinajstić information content (AvgIpc) is 4.47. The van der Waals surface area contributed by atoms with E-state index in [-0.39, 0.29) is 27.6 Å². The minimum atomic E-state index is -1.60. The molecule has 0 saturated carbocycles. The zero-order valence-corrected chi connectivity index (χ0v) is 51.1. The Bertz CT molecular complexity index is 3870. The second-order valence-electron chi connectivity index (χ2n) is 27.5. The molecule has 8 bridgehead atoms. The van der Waals surface area contributed by atoms with Crippen molar-refractivity contribution in [3.8, 4) is 56.0 Å². The molecule has 0 unspecified atom stereocenters. The molecule has 0 atom stereocenters. The highest BCUT2D eigenvalue weighted by molar-refractivity contribution is 6.83. The number of nitrogens with one attached hydrogen (secondary N) is 4. The topological polar surface area (TPSA) is 88.9 Å². The van der Waals surface area contributed by atoms with Gasteiger partial charge in [-0.2, -0.15) is 0 Å². The Morgan fingerprint density at radius 1 is 0.395 bits per heavy atom. The number of fused-ring (bicyclic) bond motifs is 8. The molecule has 2 aliphatic rings. The van der Waals surface area contributed by atoms with Crippen molar-refractivity contribution in [1.82, 2.24) is 29.9 Å². The molecule has 7 heterocycles. The normalized spacial score (nSPS) is 13.0. The van der Waals surface area contributed by atoms with Crippen LogP contribution in [0.1, 0.15) is 157 Å². The Hall–Kier alpha value is -8.18. The van der Waals surface area contributed by atoms with E-state index in [2.05, 4.69) is 292 Å². The van der Waals surface area contributed by atoms with E-state index >= 15 is 0 Å². The first kappa shape index (κ1) is 54.8. The Morgan fingerprint density at radius 3 is 1.11 bits per heavy atom. The van der Waals surface area contributed by atoms with Crippen LogP contribution in [0.3, 0.4) is 0 Å². The van der Waals surface area contributed by atoms with Crippen molar-refractivity contribution in [1.29, 1.82) is 0 Å². The molecular formula is C74H78N6Si. The molecule has 5 aromatic heterocycles. The molecule has 0 radical (unpaired) electrons. The van der Waals surface area contributed by atoms with Crippen LogP contribution < -0.4 is 0 Å². The van der Waals surface area contributed by atoms with Crippen molar-refractivity contribution < 1.29 is 0 Å². The number of hydrogen-bond acceptors (Lipinski definition) is 2. The summed E-state index contributed by atoms with van der Waals surface area (Å²) in [5.74, 6) is 3.50. The largest absolute Gasteiger partial charge is 0.364 e. The zero-order valence-electron chi connectivity index (χ0n) is 50.1. The maximum absolute atomic E-state index is 5.73. The highest BCUT2D eigenvalue weighted by Gasteiger charge is 2.27. The van der Waals surface area contributed by atoms with Gasteiger partial charge in [-0.05, 0) is 157 Å².